The molecule has 0 amide bonds. The summed E-state index contributed by atoms with van der Waals surface area (Å²) in [5, 5.41) is 12.4. The van der Waals surface area contributed by atoms with Gasteiger partial charge < -0.3 is 14.2 Å². The second kappa shape index (κ2) is 5.83. The lowest BCUT2D eigenvalue weighted by molar-refractivity contribution is 0.174. The van der Waals surface area contributed by atoms with Gasteiger partial charge in [-0.05, 0) is 22.6 Å². The lowest BCUT2D eigenvalue weighted by Crippen LogP contribution is -2.00. The SMILES string of the molecule is C=COCCSc1nnnn1-c1ccc2c(c1)OCO2. The van der Waals surface area contributed by atoms with Crippen molar-refractivity contribution >= 4 is 11.8 Å². The van der Waals surface area contributed by atoms with Crippen LogP contribution in [0.25, 0.3) is 5.69 Å². The second-order valence-electron chi connectivity index (χ2n) is 3.80. The fourth-order valence-electron chi connectivity index (χ4n) is 1.71. The van der Waals surface area contributed by atoms with Crippen molar-refractivity contribution in [1.29, 1.82) is 0 Å². The van der Waals surface area contributed by atoms with Crippen molar-refractivity contribution < 1.29 is 14.2 Å². The van der Waals surface area contributed by atoms with Crippen molar-refractivity contribution in [2.24, 2.45) is 0 Å². The molecular formula is C12H12N4O3S. The van der Waals surface area contributed by atoms with Crippen LogP contribution in [0.1, 0.15) is 0 Å². The number of thioether (sulfide) groups is 1. The summed E-state index contributed by atoms with van der Waals surface area (Å²) in [5.41, 5.74) is 0.825. The van der Waals surface area contributed by atoms with Gasteiger partial charge in [0.25, 0.3) is 0 Å². The second-order valence-corrected chi connectivity index (χ2v) is 4.86. The highest BCUT2D eigenvalue weighted by Crippen LogP contribution is 2.34. The standard InChI is InChI=1S/C12H12N4O3S/c1-2-17-5-6-20-12-13-14-15-16(12)9-3-4-10-11(7-9)19-8-18-10/h2-4,7H,1,5-6,8H2. The zero-order valence-corrected chi connectivity index (χ0v) is 11.4. The molecule has 7 nitrogen and oxygen atoms in total. The number of ether oxygens (including phenoxy) is 3. The lowest BCUT2D eigenvalue weighted by Gasteiger charge is -2.05. The van der Waals surface area contributed by atoms with Gasteiger partial charge in [0.05, 0.1) is 18.6 Å². The van der Waals surface area contributed by atoms with E-state index in [0.717, 1.165) is 17.2 Å². The third kappa shape index (κ3) is 2.55. The monoisotopic (exact) mass is 292 g/mol. The van der Waals surface area contributed by atoms with E-state index in [-0.39, 0.29) is 6.79 Å². The Labute approximate surface area is 119 Å². The molecule has 1 aliphatic rings. The van der Waals surface area contributed by atoms with E-state index in [2.05, 4.69) is 22.1 Å². The fraction of sp³-hybridized carbons (Fsp3) is 0.250. The highest BCUT2D eigenvalue weighted by atomic mass is 32.2. The minimum Gasteiger partial charge on any atom is -0.501 e. The van der Waals surface area contributed by atoms with E-state index >= 15 is 0 Å². The number of nitrogens with zero attached hydrogens (tertiary/aromatic N) is 4. The Morgan fingerprint density at radius 3 is 3.20 bits per heavy atom. The number of aromatic nitrogens is 4. The van der Waals surface area contributed by atoms with Gasteiger partial charge in [0, 0.05) is 11.8 Å². The third-order valence-electron chi connectivity index (χ3n) is 2.59. The molecule has 0 radical (unpaired) electrons. The van der Waals surface area contributed by atoms with Crippen LogP contribution in [0.15, 0.2) is 36.2 Å². The van der Waals surface area contributed by atoms with Crippen LogP contribution in [-0.2, 0) is 4.74 Å². The summed E-state index contributed by atoms with van der Waals surface area (Å²) in [6, 6.07) is 5.58. The van der Waals surface area contributed by atoms with E-state index in [0.29, 0.717) is 17.5 Å². The molecule has 0 spiro atoms. The summed E-state index contributed by atoms with van der Waals surface area (Å²) < 4.78 is 17.3. The molecule has 0 fully saturated rings. The van der Waals surface area contributed by atoms with Gasteiger partial charge in [-0.1, -0.05) is 18.3 Å². The maximum Gasteiger partial charge on any atom is 0.231 e. The molecule has 0 aliphatic carbocycles. The summed E-state index contributed by atoms with van der Waals surface area (Å²) in [7, 11) is 0. The van der Waals surface area contributed by atoms with E-state index in [1.165, 1.54) is 18.0 Å². The molecule has 0 saturated heterocycles. The summed E-state index contributed by atoms with van der Waals surface area (Å²) in [6.45, 7) is 4.29. The molecule has 0 atom stereocenters. The largest absolute Gasteiger partial charge is 0.501 e. The summed E-state index contributed by atoms with van der Waals surface area (Å²) in [4.78, 5) is 0. The average molecular weight is 292 g/mol. The number of hydrogen-bond acceptors (Lipinski definition) is 7. The first kappa shape index (κ1) is 12.8. The van der Waals surface area contributed by atoms with Gasteiger partial charge in [-0.25, -0.2) is 0 Å². The number of tetrazole rings is 1. The lowest BCUT2D eigenvalue weighted by atomic mass is 10.3. The maximum atomic E-state index is 5.35. The average Bonchev–Trinajstić information content (AvgIpc) is 3.11. The van der Waals surface area contributed by atoms with Gasteiger partial charge >= 0.3 is 0 Å². The predicted molar refractivity (Wildman–Crippen MR) is 72.2 cm³/mol. The zero-order chi connectivity index (χ0) is 13.8. The Morgan fingerprint density at radius 1 is 1.40 bits per heavy atom. The van der Waals surface area contributed by atoms with Crippen molar-refractivity contribution in [3.63, 3.8) is 0 Å². The fourth-order valence-corrected chi connectivity index (χ4v) is 2.43. The van der Waals surface area contributed by atoms with E-state index in [9.17, 15) is 0 Å². The van der Waals surface area contributed by atoms with Gasteiger partial charge in [-0.15, -0.1) is 5.10 Å². The topological polar surface area (TPSA) is 71.3 Å². The highest BCUT2D eigenvalue weighted by Gasteiger charge is 2.16. The molecule has 20 heavy (non-hydrogen) atoms. The molecule has 8 heteroatoms. The highest BCUT2D eigenvalue weighted by molar-refractivity contribution is 7.99. The van der Waals surface area contributed by atoms with Crippen molar-refractivity contribution in [3.8, 4) is 17.2 Å². The minimum atomic E-state index is 0.245. The van der Waals surface area contributed by atoms with E-state index in [1.807, 2.05) is 18.2 Å². The van der Waals surface area contributed by atoms with Crippen LogP contribution in [-0.4, -0.2) is 39.4 Å². The van der Waals surface area contributed by atoms with Crippen LogP contribution in [0.2, 0.25) is 0 Å². The molecule has 2 aromatic rings. The molecule has 1 aromatic carbocycles. The van der Waals surface area contributed by atoms with Crippen LogP contribution >= 0.6 is 11.8 Å². The molecule has 0 N–H and O–H groups in total. The third-order valence-corrected chi connectivity index (χ3v) is 3.48. The van der Waals surface area contributed by atoms with Crippen LogP contribution in [0.5, 0.6) is 11.5 Å². The zero-order valence-electron chi connectivity index (χ0n) is 10.6. The van der Waals surface area contributed by atoms with E-state index in [4.69, 9.17) is 14.2 Å². The van der Waals surface area contributed by atoms with Gasteiger partial charge in [-0.3, -0.25) is 0 Å². The number of fused-ring (bicyclic) bond motifs is 1. The van der Waals surface area contributed by atoms with Crippen LogP contribution in [0.3, 0.4) is 0 Å². The van der Waals surface area contributed by atoms with Gasteiger partial charge in [0.1, 0.15) is 0 Å². The quantitative estimate of drug-likeness (QED) is 0.455. The Morgan fingerprint density at radius 2 is 2.30 bits per heavy atom. The number of rotatable bonds is 6. The maximum absolute atomic E-state index is 5.35. The van der Waals surface area contributed by atoms with E-state index in [1.54, 1.807) is 4.68 Å². The van der Waals surface area contributed by atoms with Crippen molar-refractivity contribution in [3.05, 3.63) is 31.0 Å². The first-order valence-corrected chi connectivity index (χ1v) is 6.91. The van der Waals surface area contributed by atoms with Crippen molar-refractivity contribution in [1.82, 2.24) is 20.2 Å². The molecule has 1 aromatic heterocycles. The molecule has 0 saturated carbocycles. The number of benzene rings is 1. The molecule has 0 bridgehead atoms. The van der Waals surface area contributed by atoms with Crippen LogP contribution < -0.4 is 9.47 Å². The predicted octanol–water partition coefficient (Wildman–Crippen LogP) is 1.64. The molecule has 3 rings (SSSR count). The van der Waals surface area contributed by atoms with Gasteiger partial charge in [-0.2, -0.15) is 4.68 Å². The Kier molecular flexibility index (Phi) is 3.73. The molecule has 104 valence electrons. The normalized spacial score (nSPS) is 12.4. The molecule has 2 heterocycles. The minimum absolute atomic E-state index is 0.245. The van der Waals surface area contributed by atoms with Gasteiger partial charge in [0.2, 0.25) is 11.9 Å². The molecular weight excluding hydrogens is 280 g/mol. The summed E-state index contributed by atoms with van der Waals surface area (Å²) in [6.07, 6.45) is 1.42. The smallest absolute Gasteiger partial charge is 0.231 e. The van der Waals surface area contributed by atoms with Crippen molar-refractivity contribution in [2.45, 2.75) is 5.16 Å². The Balaban J connectivity index is 1.77. The summed E-state index contributed by atoms with van der Waals surface area (Å²) >= 11 is 1.50. The van der Waals surface area contributed by atoms with E-state index < -0.39 is 0 Å². The number of hydrogen-bond donors (Lipinski definition) is 0. The summed E-state index contributed by atoms with van der Waals surface area (Å²) in [5.74, 6) is 2.16. The molecule has 0 unspecified atom stereocenters. The first-order chi connectivity index (χ1) is 9.88. The first-order valence-electron chi connectivity index (χ1n) is 5.92. The van der Waals surface area contributed by atoms with Crippen LogP contribution in [0.4, 0.5) is 0 Å². The molecule has 1 aliphatic heterocycles. The van der Waals surface area contributed by atoms with Crippen molar-refractivity contribution in [2.75, 3.05) is 19.2 Å². The van der Waals surface area contributed by atoms with Crippen LogP contribution in [0, 0.1) is 0 Å². The Hall–Kier alpha value is -2.22. The van der Waals surface area contributed by atoms with Gasteiger partial charge in [0.15, 0.2) is 11.5 Å². The Bertz CT molecular complexity index is 616.